The van der Waals surface area contributed by atoms with Gasteiger partial charge in [0.05, 0.1) is 13.7 Å². The SMILES string of the molecule is CCOC=Nc1c(C(=O)OC)sc(S(C)(=O)=O)c1C#N. The third kappa shape index (κ3) is 3.34. The molecule has 9 heteroatoms. The average Bonchev–Trinajstić information content (AvgIpc) is 2.76. The Hall–Kier alpha value is -1.92. The van der Waals surface area contributed by atoms with Crippen molar-refractivity contribution >= 4 is 39.2 Å². The lowest BCUT2D eigenvalue weighted by Gasteiger charge is -1.97. The highest BCUT2D eigenvalue weighted by molar-refractivity contribution is 7.92. The van der Waals surface area contributed by atoms with Gasteiger partial charge in [-0.05, 0) is 6.92 Å². The number of hydrogen-bond acceptors (Lipinski definition) is 8. The third-order valence-corrected chi connectivity index (χ3v) is 5.08. The zero-order valence-electron chi connectivity index (χ0n) is 11.0. The number of sulfone groups is 1. The quantitative estimate of drug-likeness (QED) is 0.463. The molecule has 1 aromatic rings. The van der Waals surface area contributed by atoms with E-state index in [-0.39, 0.29) is 20.3 Å². The second-order valence-electron chi connectivity index (χ2n) is 3.51. The van der Waals surface area contributed by atoms with Gasteiger partial charge in [0, 0.05) is 6.26 Å². The van der Waals surface area contributed by atoms with Gasteiger partial charge in [-0.3, -0.25) is 0 Å². The Morgan fingerprint density at radius 2 is 2.20 bits per heavy atom. The molecule has 0 saturated heterocycles. The lowest BCUT2D eigenvalue weighted by molar-refractivity contribution is 0.0607. The van der Waals surface area contributed by atoms with Crippen LogP contribution in [0, 0.1) is 11.3 Å². The van der Waals surface area contributed by atoms with Crippen molar-refractivity contribution in [2.24, 2.45) is 4.99 Å². The second kappa shape index (κ2) is 6.49. The first-order chi connectivity index (χ1) is 9.36. The summed E-state index contributed by atoms with van der Waals surface area (Å²) in [5, 5.41) is 9.11. The summed E-state index contributed by atoms with van der Waals surface area (Å²) in [6.45, 7) is 2.08. The summed E-state index contributed by atoms with van der Waals surface area (Å²) < 4.78 is 32.5. The molecule has 20 heavy (non-hydrogen) atoms. The Balaban J connectivity index is 3.56. The van der Waals surface area contributed by atoms with E-state index < -0.39 is 15.8 Å². The maximum atomic E-state index is 11.6. The number of carbonyl (C=O) groups excluding carboxylic acids is 1. The molecule has 0 aliphatic rings. The van der Waals surface area contributed by atoms with Gasteiger partial charge < -0.3 is 9.47 Å². The summed E-state index contributed by atoms with van der Waals surface area (Å²) in [7, 11) is -2.49. The van der Waals surface area contributed by atoms with Gasteiger partial charge in [0.15, 0.2) is 16.2 Å². The Morgan fingerprint density at radius 3 is 2.65 bits per heavy atom. The molecule has 0 aliphatic heterocycles. The van der Waals surface area contributed by atoms with Gasteiger partial charge in [-0.25, -0.2) is 18.2 Å². The molecule has 0 atom stereocenters. The molecule has 1 aromatic heterocycles. The van der Waals surface area contributed by atoms with Crippen molar-refractivity contribution in [3.05, 3.63) is 10.4 Å². The Bertz CT molecular complexity index is 682. The van der Waals surface area contributed by atoms with E-state index in [4.69, 9.17) is 10.00 Å². The number of rotatable bonds is 5. The largest absolute Gasteiger partial charge is 0.483 e. The van der Waals surface area contributed by atoms with Crippen LogP contribution >= 0.6 is 11.3 Å². The van der Waals surface area contributed by atoms with Crippen molar-refractivity contribution in [3.8, 4) is 6.07 Å². The molecule has 0 unspecified atom stereocenters. The fraction of sp³-hybridized carbons (Fsp3) is 0.364. The maximum Gasteiger partial charge on any atom is 0.350 e. The highest BCUT2D eigenvalue weighted by Crippen LogP contribution is 2.38. The van der Waals surface area contributed by atoms with Crippen LogP contribution in [0.2, 0.25) is 0 Å². The summed E-state index contributed by atoms with van der Waals surface area (Å²) in [6.07, 6.45) is 2.01. The molecular formula is C11H12N2O5S2. The zero-order chi connectivity index (χ0) is 15.3. The summed E-state index contributed by atoms with van der Waals surface area (Å²) >= 11 is 0.654. The van der Waals surface area contributed by atoms with Crippen LogP contribution in [-0.2, 0) is 19.3 Å². The second-order valence-corrected chi connectivity index (χ2v) is 6.74. The molecule has 0 saturated carbocycles. The van der Waals surface area contributed by atoms with E-state index in [1.165, 1.54) is 0 Å². The predicted molar refractivity (Wildman–Crippen MR) is 73.3 cm³/mol. The van der Waals surface area contributed by atoms with Crippen LogP contribution in [-0.4, -0.2) is 40.8 Å². The van der Waals surface area contributed by atoms with Crippen LogP contribution in [0.1, 0.15) is 22.2 Å². The monoisotopic (exact) mass is 316 g/mol. The molecule has 0 amide bonds. The first-order valence-corrected chi connectivity index (χ1v) is 8.07. The van der Waals surface area contributed by atoms with E-state index in [9.17, 15) is 13.2 Å². The molecule has 0 radical (unpaired) electrons. The fourth-order valence-corrected chi connectivity index (χ4v) is 3.50. The normalized spacial score (nSPS) is 11.3. The molecule has 0 fully saturated rings. The standard InChI is InChI=1S/C11H12N2O5S2/c1-4-18-6-13-8-7(5-12)11(20(3,15)16)19-9(8)10(14)17-2/h6H,4H2,1-3H3. The summed E-state index contributed by atoms with van der Waals surface area (Å²) in [4.78, 5) is 15.4. The van der Waals surface area contributed by atoms with E-state index in [2.05, 4.69) is 9.73 Å². The minimum Gasteiger partial charge on any atom is -0.483 e. The topological polar surface area (TPSA) is 106 Å². The number of carbonyl (C=O) groups is 1. The molecule has 0 bridgehead atoms. The van der Waals surface area contributed by atoms with E-state index >= 15 is 0 Å². The van der Waals surface area contributed by atoms with Crippen LogP contribution in [0.15, 0.2) is 9.20 Å². The van der Waals surface area contributed by atoms with Gasteiger partial charge in [-0.1, -0.05) is 0 Å². The molecule has 0 N–H and O–H groups in total. The average molecular weight is 316 g/mol. The van der Waals surface area contributed by atoms with E-state index in [0.717, 1.165) is 19.8 Å². The van der Waals surface area contributed by atoms with Crippen LogP contribution in [0.25, 0.3) is 0 Å². The number of nitriles is 1. The van der Waals surface area contributed by atoms with Crippen molar-refractivity contribution in [3.63, 3.8) is 0 Å². The van der Waals surface area contributed by atoms with Crippen molar-refractivity contribution in [1.82, 2.24) is 0 Å². The summed E-state index contributed by atoms with van der Waals surface area (Å²) in [6, 6.07) is 1.75. The lowest BCUT2D eigenvalue weighted by atomic mass is 10.2. The van der Waals surface area contributed by atoms with Crippen LogP contribution < -0.4 is 0 Å². The van der Waals surface area contributed by atoms with Gasteiger partial charge in [-0.15, -0.1) is 11.3 Å². The number of hydrogen-bond donors (Lipinski definition) is 0. The number of aliphatic imine (C=N–C) groups is 1. The van der Waals surface area contributed by atoms with Crippen molar-refractivity contribution in [2.45, 2.75) is 11.1 Å². The number of thiophene rings is 1. The fourth-order valence-electron chi connectivity index (χ4n) is 1.28. The van der Waals surface area contributed by atoms with Gasteiger partial charge >= 0.3 is 5.97 Å². The lowest BCUT2D eigenvalue weighted by Crippen LogP contribution is -1.98. The molecule has 108 valence electrons. The molecule has 0 aliphatic carbocycles. The van der Waals surface area contributed by atoms with Crippen LogP contribution in [0.5, 0.6) is 0 Å². The highest BCUT2D eigenvalue weighted by Gasteiger charge is 2.28. The van der Waals surface area contributed by atoms with Crippen molar-refractivity contribution in [1.29, 1.82) is 5.26 Å². The number of ether oxygens (including phenoxy) is 2. The van der Waals surface area contributed by atoms with E-state index in [1.54, 1.807) is 13.0 Å². The van der Waals surface area contributed by atoms with Gasteiger partial charge in [0.2, 0.25) is 0 Å². The molecule has 0 spiro atoms. The Labute approximate surface area is 120 Å². The van der Waals surface area contributed by atoms with Gasteiger partial charge in [0.1, 0.15) is 26.4 Å². The number of esters is 1. The van der Waals surface area contributed by atoms with Crippen molar-refractivity contribution in [2.75, 3.05) is 20.0 Å². The van der Waals surface area contributed by atoms with Gasteiger partial charge in [-0.2, -0.15) is 5.26 Å². The Kier molecular flexibility index (Phi) is 5.24. The Morgan fingerprint density at radius 1 is 1.55 bits per heavy atom. The van der Waals surface area contributed by atoms with Crippen LogP contribution in [0.4, 0.5) is 5.69 Å². The smallest absolute Gasteiger partial charge is 0.350 e. The molecule has 1 rings (SSSR count). The molecular weight excluding hydrogens is 304 g/mol. The van der Waals surface area contributed by atoms with Crippen molar-refractivity contribution < 1.29 is 22.7 Å². The predicted octanol–water partition coefficient (Wildman–Crippen LogP) is 1.51. The van der Waals surface area contributed by atoms with E-state index in [1.807, 2.05) is 0 Å². The van der Waals surface area contributed by atoms with Gasteiger partial charge in [0.25, 0.3) is 0 Å². The van der Waals surface area contributed by atoms with E-state index in [0.29, 0.717) is 17.9 Å². The number of nitrogens with zero attached hydrogens (tertiary/aromatic N) is 2. The summed E-state index contributed by atoms with van der Waals surface area (Å²) in [5.74, 6) is -0.759. The highest BCUT2D eigenvalue weighted by atomic mass is 32.2. The third-order valence-electron chi connectivity index (χ3n) is 2.09. The minimum atomic E-state index is -3.65. The maximum absolute atomic E-state index is 11.6. The first-order valence-electron chi connectivity index (χ1n) is 5.36. The minimum absolute atomic E-state index is 0.0552. The molecule has 1 heterocycles. The summed E-state index contributed by atoms with van der Waals surface area (Å²) in [5.41, 5.74) is -0.243. The molecule has 7 nitrogen and oxygen atoms in total. The first kappa shape index (κ1) is 16.1. The number of methoxy groups -OCH3 is 1. The zero-order valence-corrected chi connectivity index (χ0v) is 12.7. The van der Waals surface area contributed by atoms with Crippen LogP contribution in [0.3, 0.4) is 0 Å². The molecule has 0 aromatic carbocycles.